The van der Waals surface area contributed by atoms with E-state index in [4.69, 9.17) is 27.9 Å². The van der Waals surface area contributed by atoms with Gasteiger partial charge in [0.1, 0.15) is 5.82 Å². The Labute approximate surface area is 201 Å². The second kappa shape index (κ2) is 8.95. The predicted molar refractivity (Wildman–Crippen MR) is 131 cm³/mol. The van der Waals surface area contributed by atoms with Gasteiger partial charge >= 0.3 is 0 Å². The SMILES string of the molecule is CC1(CO)CNc2ncc(-c3ccnc(Nc4cc(Cl)c(N5CCOCC5)cc4Cl)n3)cc21. The normalized spacial score (nSPS) is 19.8. The number of hydrogen-bond donors (Lipinski definition) is 3. The molecular weight excluding hydrogens is 463 g/mol. The van der Waals surface area contributed by atoms with E-state index in [1.807, 2.05) is 25.1 Å². The first kappa shape index (κ1) is 22.2. The van der Waals surface area contributed by atoms with Gasteiger partial charge in [0.25, 0.3) is 0 Å². The molecule has 0 amide bonds. The summed E-state index contributed by atoms with van der Waals surface area (Å²) in [6.45, 7) is 5.57. The Morgan fingerprint density at radius 3 is 2.79 bits per heavy atom. The van der Waals surface area contributed by atoms with Crippen molar-refractivity contribution < 1.29 is 9.84 Å². The van der Waals surface area contributed by atoms with E-state index in [1.165, 1.54) is 0 Å². The summed E-state index contributed by atoms with van der Waals surface area (Å²) < 4.78 is 5.42. The van der Waals surface area contributed by atoms with Crippen LogP contribution in [0.3, 0.4) is 0 Å². The maximum Gasteiger partial charge on any atom is 0.227 e. The van der Waals surface area contributed by atoms with Gasteiger partial charge < -0.3 is 25.4 Å². The molecule has 3 N–H and O–H groups in total. The number of anilines is 4. The molecule has 2 aliphatic heterocycles. The van der Waals surface area contributed by atoms with Gasteiger partial charge in [0.05, 0.1) is 46.9 Å². The molecule has 10 heteroatoms. The van der Waals surface area contributed by atoms with E-state index in [9.17, 15) is 5.11 Å². The molecule has 0 saturated carbocycles. The molecule has 1 atom stereocenters. The monoisotopic (exact) mass is 486 g/mol. The van der Waals surface area contributed by atoms with E-state index < -0.39 is 0 Å². The third-order valence-corrected chi connectivity index (χ3v) is 6.73. The number of nitrogens with one attached hydrogen (secondary N) is 2. The predicted octanol–water partition coefficient (Wildman–Crippen LogP) is 4.10. The van der Waals surface area contributed by atoms with Gasteiger partial charge in [0.15, 0.2) is 0 Å². The molecule has 0 spiro atoms. The fraction of sp³-hybridized carbons (Fsp3) is 0.348. The van der Waals surface area contributed by atoms with Crippen LogP contribution in [0.4, 0.5) is 23.1 Å². The van der Waals surface area contributed by atoms with E-state index >= 15 is 0 Å². The van der Waals surface area contributed by atoms with E-state index in [-0.39, 0.29) is 12.0 Å². The Morgan fingerprint density at radius 1 is 1.18 bits per heavy atom. The summed E-state index contributed by atoms with van der Waals surface area (Å²) in [4.78, 5) is 15.7. The number of fused-ring (bicyclic) bond motifs is 1. The summed E-state index contributed by atoms with van der Waals surface area (Å²) in [6, 6.07) is 7.49. The number of pyridine rings is 1. The Kier molecular flexibility index (Phi) is 6.01. The van der Waals surface area contributed by atoms with Crippen LogP contribution in [0.25, 0.3) is 11.3 Å². The minimum Gasteiger partial charge on any atom is -0.395 e. The molecule has 0 radical (unpaired) electrons. The quantitative estimate of drug-likeness (QED) is 0.495. The first-order valence-corrected chi connectivity index (χ1v) is 11.5. The van der Waals surface area contributed by atoms with Gasteiger partial charge in [-0.1, -0.05) is 30.1 Å². The van der Waals surface area contributed by atoms with Crippen LogP contribution in [-0.2, 0) is 10.2 Å². The van der Waals surface area contributed by atoms with Gasteiger partial charge in [-0.15, -0.1) is 0 Å². The molecule has 0 aliphatic carbocycles. The molecule has 1 aromatic carbocycles. The Bertz CT molecular complexity index is 1190. The summed E-state index contributed by atoms with van der Waals surface area (Å²) in [5, 5.41) is 17.4. The maximum atomic E-state index is 9.86. The largest absolute Gasteiger partial charge is 0.395 e. The number of aliphatic hydroxyl groups excluding tert-OH is 1. The van der Waals surface area contributed by atoms with Crippen LogP contribution < -0.4 is 15.5 Å². The van der Waals surface area contributed by atoms with Crippen LogP contribution in [0.1, 0.15) is 12.5 Å². The summed E-state index contributed by atoms with van der Waals surface area (Å²) >= 11 is 13.1. The van der Waals surface area contributed by atoms with Crippen LogP contribution >= 0.6 is 23.2 Å². The van der Waals surface area contributed by atoms with Crippen LogP contribution in [0.5, 0.6) is 0 Å². The molecule has 5 rings (SSSR count). The van der Waals surface area contributed by atoms with Crippen molar-refractivity contribution in [2.45, 2.75) is 12.3 Å². The van der Waals surface area contributed by atoms with Crippen molar-refractivity contribution in [1.29, 1.82) is 0 Å². The third kappa shape index (κ3) is 4.31. The molecule has 2 aromatic heterocycles. The van der Waals surface area contributed by atoms with E-state index in [1.54, 1.807) is 18.5 Å². The zero-order valence-corrected chi connectivity index (χ0v) is 19.6. The number of ether oxygens (including phenoxy) is 1. The molecule has 172 valence electrons. The van der Waals surface area contributed by atoms with Crippen LogP contribution in [0, 0.1) is 0 Å². The Hall–Kier alpha value is -2.65. The van der Waals surface area contributed by atoms with Crippen molar-refractivity contribution in [3.05, 3.63) is 52.3 Å². The Morgan fingerprint density at radius 2 is 2.00 bits per heavy atom. The lowest BCUT2D eigenvalue weighted by Gasteiger charge is -2.30. The van der Waals surface area contributed by atoms with Gasteiger partial charge in [-0.25, -0.2) is 15.0 Å². The second-order valence-electron chi connectivity index (χ2n) is 8.47. The molecule has 0 bridgehead atoms. The second-order valence-corrected chi connectivity index (χ2v) is 9.28. The van der Waals surface area contributed by atoms with Crippen molar-refractivity contribution >= 4 is 46.3 Å². The van der Waals surface area contributed by atoms with Crippen LogP contribution in [-0.4, -0.2) is 59.5 Å². The average molecular weight is 487 g/mol. The number of nitrogens with zero attached hydrogens (tertiary/aromatic N) is 4. The first-order valence-electron chi connectivity index (χ1n) is 10.7. The molecule has 2 aliphatic rings. The summed E-state index contributed by atoms with van der Waals surface area (Å²) in [5.74, 6) is 1.19. The minimum atomic E-state index is -0.376. The molecule has 33 heavy (non-hydrogen) atoms. The van der Waals surface area contributed by atoms with Gasteiger partial charge in [-0.05, 0) is 24.3 Å². The zero-order chi connectivity index (χ0) is 23.0. The maximum absolute atomic E-state index is 9.86. The highest BCUT2D eigenvalue weighted by Crippen LogP contribution is 2.38. The number of aromatic nitrogens is 3. The van der Waals surface area contributed by atoms with E-state index in [2.05, 4.69) is 30.5 Å². The highest BCUT2D eigenvalue weighted by atomic mass is 35.5. The van der Waals surface area contributed by atoms with Crippen molar-refractivity contribution in [3.63, 3.8) is 0 Å². The zero-order valence-electron chi connectivity index (χ0n) is 18.1. The smallest absolute Gasteiger partial charge is 0.227 e. The lowest BCUT2D eigenvalue weighted by atomic mass is 9.85. The standard InChI is InChI=1S/C23H24Cl2N6O2/c1-23(13-32)12-28-21-15(23)8-14(11-27-21)18-2-3-26-22(29-18)30-19-9-17(25)20(10-16(19)24)31-4-6-33-7-5-31/h2-3,8-11,32H,4-7,12-13H2,1H3,(H,27,28)(H,26,29,30). The topological polar surface area (TPSA) is 95.4 Å². The third-order valence-electron chi connectivity index (χ3n) is 6.12. The van der Waals surface area contributed by atoms with Crippen molar-refractivity contribution in [1.82, 2.24) is 15.0 Å². The molecule has 1 fully saturated rings. The Balaban J connectivity index is 1.41. The van der Waals surface area contributed by atoms with Crippen molar-refractivity contribution in [3.8, 4) is 11.3 Å². The molecule has 4 heterocycles. The molecule has 1 saturated heterocycles. The van der Waals surface area contributed by atoms with Crippen molar-refractivity contribution in [2.24, 2.45) is 0 Å². The van der Waals surface area contributed by atoms with Crippen LogP contribution in [0.2, 0.25) is 10.0 Å². The number of rotatable bonds is 5. The summed E-state index contributed by atoms with van der Waals surface area (Å²) in [5.41, 5.74) is 3.66. The number of halogens is 2. The lowest BCUT2D eigenvalue weighted by molar-refractivity contribution is 0.122. The van der Waals surface area contributed by atoms with Gasteiger partial charge in [0, 0.05) is 48.6 Å². The molecule has 8 nitrogen and oxygen atoms in total. The van der Waals surface area contributed by atoms with E-state index in [0.29, 0.717) is 47.1 Å². The van der Waals surface area contributed by atoms with Gasteiger partial charge in [-0.2, -0.15) is 0 Å². The molecule has 1 unspecified atom stereocenters. The highest BCUT2D eigenvalue weighted by Gasteiger charge is 2.35. The number of aliphatic hydroxyl groups is 1. The average Bonchev–Trinajstić information content (AvgIpc) is 3.18. The number of morpholine rings is 1. The number of benzene rings is 1. The van der Waals surface area contributed by atoms with Gasteiger partial charge in [0.2, 0.25) is 5.95 Å². The van der Waals surface area contributed by atoms with Crippen LogP contribution in [0.15, 0.2) is 36.7 Å². The van der Waals surface area contributed by atoms with E-state index in [0.717, 1.165) is 35.7 Å². The first-order chi connectivity index (χ1) is 16.0. The molecular formula is C23H24Cl2N6O2. The van der Waals surface area contributed by atoms with Crippen molar-refractivity contribution in [2.75, 3.05) is 55.0 Å². The number of hydrogen-bond acceptors (Lipinski definition) is 8. The van der Waals surface area contributed by atoms with Gasteiger partial charge in [-0.3, -0.25) is 0 Å². The fourth-order valence-electron chi connectivity index (χ4n) is 4.10. The molecule has 3 aromatic rings. The summed E-state index contributed by atoms with van der Waals surface area (Å²) in [7, 11) is 0. The minimum absolute atomic E-state index is 0.0361. The lowest BCUT2D eigenvalue weighted by Crippen LogP contribution is -2.36. The summed E-state index contributed by atoms with van der Waals surface area (Å²) in [6.07, 6.45) is 3.45. The highest BCUT2D eigenvalue weighted by molar-refractivity contribution is 6.37. The fourth-order valence-corrected chi connectivity index (χ4v) is 4.59.